The molecule has 0 atom stereocenters. The van der Waals surface area contributed by atoms with E-state index in [0.717, 1.165) is 15.4 Å². The average molecular weight is 354 g/mol. The lowest BCUT2D eigenvalue weighted by Gasteiger charge is -2.01. The maximum Gasteiger partial charge on any atom is 0.171 e. The maximum absolute atomic E-state index is 8.69. The first-order chi connectivity index (χ1) is 12.1. The number of hydrogen-bond donors (Lipinski definition) is 4. The van der Waals surface area contributed by atoms with Crippen molar-refractivity contribution in [3.05, 3.63) is 59.9 Å². The van der Waals surface area contributed by atoms with Gasteiger partial charge in [0.25, 0.3) is 0 Å². The number of nitrogens with two attached hydrogens (primary N) is 2. The third kappa shape index (κ3) is 3.40. The Morgan fingerprint density at radius 1 is 0.840 bits per heavy atom. The van der Waals surface area contributed by atoms with Crippen LogP contribution in [0.4, 0.5) is 0 Å². The zero-order chi connectivity index (χ0) is 17.8. The van der Waals surface area contributed by atoms with Crippen LogP contribution in [0.1, 0.15) is 11.1 Å². The van der Waals surface area contributed by atoms with Gasteiger partial charge in [-0.2, -0.15) is 0 Å². The quantitative estimate of drug-likeness (QED) is 0.244. The second-order valence-electron chi connectivity index (χ2n) is 5.01. The molecule has 2 heterocycles. The summed E-state index contributed by atoms with van der Waals surface area (Å²) in [5, 5.41) is 24.0. The number of aromatic nitrogens is 2. The van der Waals surface area contributed by atoms with Crippen molar-refractivity contribution in [1.29, 1.82) is 0 Å². The van der Waals surface area contributed by atoms with Gasteiger partial charge in [0, 0.05) is 23.5 Å². The molecule has 0 aliphatic heterocycles. The van der Waals surface area contributed by atoms with Crippen LogP contribution in [-0.2, 0) is 0 Å². The third-order valence-corrected chi connectivity index (χ3v) is 4.53. The number of amidine groups is 2. The minimum absolute atomic E-state index is 0.00431. The zero-order valence-corrected chi connectivity index (χ0v) is 13.7. The summed E-state index contributed by atoms with van der Waals surface area (Å²) in [5.74, 6) is 0.0659. The van der Waals surface area contributed by atoms with Gasteiger partial charge in [-0.05, 0) is 17.7 Å². The summed E-state index contributed by atoms with van der Waals surface area (Å²) in [6.45, 7) is 0. The first-order valence-electron chi connectivity index (χ1n) is 7.11. The predicted molar refractivity (Wildman–Crippen MR) is 95.8 cm³/mol. The van der Waals surface area contributed by atoms with Gasteiger partial charge in [0.15, 0.2) is 11.7 Å². The highest BCUT2D eigenvalue weighted by atomic mass is 32.1. The lowest BCUT2D eigenvalue weighted by molar-refractivity contribution is 0.318. The molecular weight excluding hydrogens is 340 g/mol. The molecule has 8 nitrogen and oxygen atoms in total. The standard InChI is InChI=1S/C16H14N6O2S/c17-14(21-23)10-3-1-9(2-4-10)13-8-20-16(25-13)12-6-5-11(7-19-12)15(18)22-24/h1-8,23-24H,(H2,17,21)(H2,18,22). The minimum atomic E-state index is 0.00431. The predicted octanol–water partition coefficient (Wildman–Crippen LogP) is 2.06. The van der Waals surface area contributed by atoms with Crippen LogP contribution in [-0.4, -0.2) is 32.1 Å². The second-order valence-corrected chi connectivity index (χ2v) is 6.04. The van der Waals surface area contributed by atoms with E-state index in [4.69, 9.17) is 21.9 Å². The molecule has 3 rings (SSSR count). The Balaban J connectivity index is 1.85. The van der Waals surface area contributed by atoms with E-state index >= 15 is 0 Å². The highest BCUT2D eigenvalue weighted by Crippen LogP contribution is 2.31. The van der Waals surface area contributed by atoms with Gasteiger partial charge < -0.3 is 21.9 Å². The molecule has 0 spiro atoms. The molecular formula is C16H14N6O2S. The van der Waals surface area contributed by atoms with Crippen LogP contribution in [0.5, 0.6) is 0 Å². The minimum Gasteiger partial charge on any atom is -0.409 e. The van der Waals surface area contributed by atoms with Crippen molar-refractivity contribution in [2.24, 2.45) is 21.8 Å². The summed E-state index contributed by atoms with van der Waals surface area (Å²) in [7, 11) is 0. The summed E-state index contributed by atoms with van der Waals surface area (Å²) in [6, 6.07) is 10.8. The molecule has 0 fully saturated rings. The molecule has 0 saturated carbocycles. The fourth-order valence-electron chi connectivity index (χ4n) is 2.12. The van der Waals surface area contributed by atoms with E-state index in [0.29, 0.717) is 16.8 Å². The van der Waals surface area contributed by atoms with E-state index in [1.807, 2.05) is 12.1 Å². The van der Waals surface area contributed by atoms with Gasteiger partial charge in [-0.3, -0.25) is 4.98 Å². The Bertz CT molecular complexity index is 856. The fraction of sp³-hybridized carbons (Fsp3) is 0. The Labute approximate surface area is 146 Å². The van der Waals surface area contributed by atoms with Crippen LogP contribution in [0.3, 0.4) is 0 Å². The Morgan fingerprint density at radius 2 is 1.48 bits per heavy atom. The molecule has 25 heavy (non-hydrogen) atoms. The number of pyridine rings is 1. The van der Waals surface area contributed by atoms with E-state index in [1.54, 1.807) is 30.5 Å². The number of benzene rings is 1. The van der Waals surface area contributed by atoms with Crippen molar-refractivity contribution in [1.82, 2.24) is 9.97 Å². The van der Waals surface area contributed by atoms with Gasteiger partial charge in [-0.15, -0.1) is 11.3 Å². The van der Waals surface area contributed by atoms with Crippen LogP contribution < -0.4 is 11.5 Å². The lowest BCUT2D eigenvalue weighted by atomic mass is 10.1. The van der Waals surface area contributed by atoms with Gasteiger partial charge in [0.1, 0.15) is 5.01 Å². The molecule has 0 radical (unpaired) electrons. The summed E-state index contributed by atoms with van der Waals surface area (Å²) >= 11 is 1.48. The van der Waals surface area contributed by atoms with E-state index in [-0.39, 0.29) is 11.7 Å². The Hall–Kier alpha value is -3.46. The normalized spacial score (nSPS) is 12.3. The van der Waals surface area contributed by atoms with E-state index in [1.165, 1.54) is 17.5 Å². The molecule has 2 aromatic heterocycles. The molecule has 0 saturated heterocycles. The number of thiazole rings is 1. The maximum atomic E-state index is 8.69. The Morgan fingerprint density at radius 3 is 2.08 bits per heavy atom. The molecule has 0 aliphatic carbocycles. The topological polar surface area (TPSA) is 143 Å². The Kier molecular flexibility index (Phi) is 4.57. The second kappa shape index (κ2) is 6.97. The molecule has 6 N–H and O–H groups in total. The van der Waals surface area contributed by atoms with Crippen LogP contribution in [0.25, 0.3) is 21.1 Å². The summed E-state index contributed by atoms with van der Waals surface area (Å²) in [5.41, 5.74) is 13.9. The SMILES string of the molecule is N/C(=N\O)c1ccc(-c2cnc(-c3ccc(/C(N)=N\O)cn3)s2)cc1. The molecule has 0 aliphatic rings. The molecule has 1 aromatic carbocycles. The molecule has 0 bridgehead atoms. The van der Waals surface area contributed by atoms with Gasteiger partial charge in [0.05, 0.1) is 10.6 Å². The van der Waals surface area contributed by atoms with Crippen molar-refractivity contribution in [2.75, 3.05) is 0 Å². The number of oxime groups is 2. The first kappa shape index (κ1) is 16.4. The first-order valence-corrected chi connectivity index (χ1v) is 7.92. The van der Waals surface area contributed by atoms with E-state index in [2.05, 4.69) is 20.3 Å². The smallest absolute Gasteiger partial charge is 0.171 e. The largest absolute Gasteiger partial charge is 0.409 e. The molecule has 0 unspecified atom stereocenters. The highest BCUT2D eigenvalue weighted by Gasteiger charge is 2.09. The van der Waals surface area contributed by atoms with Gasteiger partial charge in [-0.25, -0.2) is 4.98 Å². The number of hydrogen-bond acceptors (Lipinski definition) is 7. The molecule has 126 valence electrons. The van der Waals surface area contributed by atoms with Crippen molar-refractivity contribution < 1.29 is 10.4 Å². The van der Waals surface area contributed by atoms with Gasteiger partial charge in [0.2, 0.25) is 0 Å². The number of rotatable bonds is 4. The van der Waals surface area contributed by atoms with Crippen molar-refractivity contribution in [2.45, 2.75) is 0 Å². The summed E-state index contributed by atoms with van der Waals surface area (Å²) in [4.78, 5) is 9.64. The summed E-state index contributed by atoms with van der Waals surface area (Å²) < 4.78 is 0. The lowest BCUT2D eigenvalue weighted by Crippen LogP contribution is -2.13. The van der Waals surface area contributed by atoms with Crippen LogP contribution in [0.2, 0.25) is 0 Å². The van der Waals surface area contributed by atoms with E-state index < -0.39 is 0 Å². The van der Waals surface area contributed by atoms with Crippen molar-refractivity contribution in [3.8, 4) is 21.1 Å². The molecule has 0 amide bonds. The monoisotopic (exact) mass is 354 g/mol. The van der Waals surface area contributed by atoms with Crippen LogP contribution in [0, 0.1) is 0 Å². The van der Waals surface area contributed by atoms with Crippen LogP contribution in [0.15, 0.2) is 59.1 Å². The third-order valence-electron chi connectivity index (χ3n) is 3.46. The van der Waals surface area contributed by atoms with Crippen LogP contribution >= 0.6 is 11.3 Å². The average Bonchev–Trinajstić information content (AvgIpc) is 3.17. The molecule has 9 heteroatoms. The van der Waals surface area contributed by atoms with Crippen molar-refractivity contribution in [3.63, 3.8) is 0 Å². The van der Waals surface area contributed by atoms with Crippen molar-refractivity contribution >= 4 is 23.0 Å². The molecule has 3 aromatic rings. The van der Waals surface area contributed by atoms with Gasteiger partial charge >= 0.3 is 0 Å². The fourth-order valence-corrected chi connectivity index (χ4v) is 3.02. The highest BCUT2D eigenvalue weighted by molar-refractivity contribution is 7.18. The van der Waals surface area contributed by atoms with Gasteiger partial charge in [-0.1, -0.05) is 34.6 Å². The summed E-state index contributed by atoms with van der Waals surface area (Å²) in [6.07, 6.45) is 3.29. The van der Waals surface area contributed by atoms with E-state index in [9.17, 15) is 0 Å². The zero-order valence-electron chi connectivity index (χ0n) is 12.9. The number of nitrogens with zero attached hydrogens (tertiary/aromatic N) is 4.